The average Bonchev–Trinajstić information content (AvgIpc) is 3.41. The number of halogens is 1. The number of phenols is 1. The Hall–Kier alpha value is -3.65. The van der Waals surface area contributed by atoms with Crippen LogP contribution in [0.25, 0.3) is 17.2 Å². The van der Waals surface area contributed by atoms with Gasteiger partial charge in [-0.25, -0.2) is 8.76 Å². The predicted molar refractivity (Wildman–Crippen MR) is 127 cm³/mol. The van der Waals surface area contributed by atoms with Crippen LogP contribution in [-0.2, 0) is 11.3 Å². The molecule has 33 heavy (non-hydrogen) atoms. The Morgan fingerprint density at radius 1 is 1.18 bits per heavy atom. The Labute approximate surface area is 195 Å². The third-order valence-electron chi connectivity index (χ3n) is 5.58. The number of rotatable bonds is 7. The molecule has 0 atom stereocenters. The van der Waals surface area contributed by atoms with Gasteiger partial charge in [0.25, 0.3) is 0 Å². The number of phenolic OH excluding ortho intramolecular Hbond substituents is 1. The van der Waals surface area contributed by atoms with Crippen LogP contribution < -0.4 is 14.8 Å². The van der Waals surface area contributed by atoms with Gasteiger partial charge in [0.2, 0.25) is 11.7 Å². The second kappa shape index (κ2) is 9.46. The fourth-order valence-corrected chi connectivity index (χ4v) is 4.42. The molecule has 0 spiro atoms. The summed E-state index contributed by atoms with van der Waals surface area (Å²) in [5.41, 5.74) is 5.73. The van der Waals surface area contributed by atoms with Gasteiger partial charge in [0.05, 0.1) is 20.6 Å². The molecule has 8 heteroatoms. The summed E-state index contributed by atoms with van der Waals surface area (Å²) in [6.45, 7) is 2.32. The van der Waals surface area contributed by atoms with E-state index in [2.05, 4.69) is 9.69 Å². The summed E-state index contributed by atoms with van der Waals surface area (Å²) in [5.74, 6) is -0.0372. The molecule has 1 heterocycles. The lowest BCUT2D eigenvalue weighted by molar-refractivity contribution is -0.120. The number of methoxy groups -OCH3 is 2. The van der Waals surface area contributed by atoms with Gasteiger partial charge in [0.15, 0.2) is 11.5 Å². The van der Waals surface area contributed by atoms with Crippen molar-refractivity contribution >= 4 is 34.7 Å². The zero-order chi connectivity index (χ0) is 23.5. The van der Waals surface area contributed by atoms with Gasteiger partial charge in [-0.1, -0.05) is 6.07 Å². The maximum Gasteiger partial charge on any atom is 0.224 e. The summed E-state index contributed by atoms with van der Waals surface area (Å²) in [6.07, 6.45) is 3.76. The van der Waals surface area contributed by atoms with E-state index in [0.717, 1.165) is 33.4 Å². The van der Waals surface area contributed by atoms with E-state index < -0.39 is 0 Å². The van der Waals surface area contributed by atoms with Crippen molar-refractivity contribution in [1.82, 2.24) is 9.69 Å². The second-order valence-corrected chi connectivity index (χ2v) is 8.27. The minimum absolute atomic E-state index is 0.0820. The van der Waals surface area contributed by atoms with Gasteiger partial charge < -0.3 is 19.9 Å². The predicted octanol–water partition coefficient (Wildman–Crippen LogP) is 5.04. The SMILES string of the molecule is COc1cc(/C=C2/C(C)=C(CC(=O)NCc3cnsc3)c3cc(F)ccc32)cc(OC)c1O. The van der Waals surface area contributed by atoms with Crippen LogP contribution in [0.3, 0.4) is 0 Å². The van der Waals surface area contributed by atoms with E-state index in [9.17, 15) is 14.3 Å². The van der Waals surface area contributed by atoms with Crippen molar-refractivity contribution in [3.8, 4) is 17.2 Å². The molecule has 0 bridgehead atoms. The van der Waals surface area contributed by atoms with E-state index in [1.807, 2.05) is 18.4 Å². The Balaban J connectivity index is 1.70. The number of benzene rings is 2. The first-order valence-electron chi connectivity index (χ1n) is 10.2. The smallest absolute Gasteiger partial charge is 0.224 e. The van der Waals surface area contributed by atoms with Gasteiger partial charge in [-0.3, -0.25) is 4.79 Å². The number of fused-ring (bicyclic) bond motifs is 1. The zero-order valence-electron chi connectivity index (χ0n) is 18.4. The van der Waals surface area contributed by atoms with Gasteiger partial charge in [-0.2, -0.15) is 0 Å². The molecule has 0 saturated heterocycles. The van der Waals surface area contributed by atoms with Gasteiger partial charge in [-0.05, 0) is 82.2 Å². The van der Waals surface area contributed by atoms with Crippen LogP contribution in [0.2, 0.25) is 0 Å². The Morgan fingerprint density at radius 2 is 1.91 bits per heavy atom. The number of hydrogen-bond donors (Lipinski definition) is 2. The van der Waals surface area contributed by atoms with Crippen LogP contribution in [0.1, 0.15) is 35.6 Å². The van der Waals surface area contributed by atoms with Gasteiger partial charge in [0, 0.05) is 23.7 Å². The number of aromatic nitrogens is 1. The van der Waals surface area contributed by atoms with Crippen molar-refractivity contribution in [3.63, 3.8) is 0 Å². The summed E-state index contributed by atoms with van der Waals surface area (Å²) < 4.78 is 28.7. The molecule has 0 unspecified atom stereocenters. The summed E-state index contributed by atoms with van der Waals surface area (Å²) in [4.78, 5) is 12.7. The van der Waals surface area contributed by atoms with Crippen LogP contribution in [0.5, 0.6) is 17.2 Å². The van der Waals surface area contributed by atoms with E-state index in [1.54, 1.807) is 24.4 Å². The number of hydrogen-bond acceptors (Lipinski definition) is 6. The highest BCUT2D eigenvalue weighted by atomic mass is 32.1. The maximum atomic E-state index is 14.1. The minimum Gasteiger partial charge on any atom is -0.502 e. The van der Waals surface area contributed by atoms with Crippen LogP contribution in [0.4, 0.5) is 4.39 Å². The topological polar surface area (TPSA) is 80.7 Å². The number of aromatic hydroxyl groups is 1. The van der Waals surface area contributed by atoms with E-state index in [4.69, 9.17) is 9.47 Å². The molecule has 3 aromatic rings. The lowest BCUT2D eigenvalue weighted by atomic mass is 10.00. The van der Waals surface area contributed by atoms with Crippen LogP contribution in [0, 0.1) is 5.82 Å². The molecule has 1 aliphatic carbocycles. The molecular formula is C25H23FN2O4S. The third-order valence-corrected chi connectivity index (χ3v) is 6.21. The second-order valence-electron chi connectivity index (χ2n) is 7.61. The van der Waals surface area contributed by atoms with Crippen molar-refractivity contribution in [2.24, 2.45) is 0 Å². The molecule has 1 aliphatic rings. The number of nitrogens with one attached hydrogen (secondary N) is 1. The molecule has 4 rings (SSSR count). The summed E-state index contributed by atoms with van der Waals surface area (Å²) in [6, 6.07) is 7.98. The van der Waals surface area contributed by atoms with Crippen LogP contribution >= 0.6 is 11.5 Å². The summed E-state index contributed by atoms with van der Waals surface area (Å²) in [5, 5.41) is 15.0. The molecule has 6 nitrogen and oxygen atoms in total. The molecule has 1 aromatic heterocycles. The first-order valence-corrected chi connectivity index (χ1v) is 11.1. The lowest BCUT2D eigenvalue weighted by Gasteiger charge is -2.11. The highest BCUT2D eigenvalue weighted by molar-refractivity contribution is 7.03. The maximum absolute atomic E-state index is 14.1. The highest BCUT2D eigenvalue weighted by Crippen LogP contribution is 2.45. The highest BCUT2D eigenvalue weighted by Gasteiger charge is 2.26. The number of amides is 1. The van der Waals surface area contributed by atoms with Gasteiger partial charge in [0.1, 0.15) is 5.82 Å². The fourth-order valence-electron chi connectivity index (χ4n) is 3.88. The molecule has 0 fully saturated rings. The Kier molecular flexibility index (Phi) is 6.46. The number of carbonyl (C=O) groups excluding carboxylic acids is 1. The van der Waals surface area contributed by atoms with Crippen LogP contribution in [-0.4, -0.2) is 29.6 Å². The monoisotopic (exact) mass is 466 g/mol. The number of nitrogens with zero attached hydrogens (tertiary/aromatic N) is 1. The molecule has 170 valence electrons. The summed E-state index contributed by atoms with van der Waals surface area (Å²) in [7, 11) is 2.93. The molecule has 2 aromatic carbocycles. The van der Waals surface area contributed by atoms with Crippen molar-refractivity contribution in [3.05, 3.63) is 75.6 Å². The number of carbonyl (C=O) groups is 1. The van der Waals surface area contributed by atoms with Gasteiger partial charge >= 0.3 is 0 Å². The standard InChI is InChI=1S/C25H23FN2O4S/c1-14-19(6-15-7-22(31-2)25(30)23(8-15)32-3)18-5-4-17(26)9-21(18)20(14)10-24(29)27-11-16-12-28-33-13-16/h4-9,12-13,30H,10-11H2,1-3H3,(H,27,29)/b19-6-. The first kappa shape index (κ1) is 22.5. The number of ether oxygens (including phenoxy) is 2. The Bertz CT molecular complexity index is 1240. The van der Waals surface area contributed by atoms with Crippen molar-refractivity contribution in [2.45, 2.75) is 19.9 Å². The Morgan fingerprint density at radius 3 is 2.55 bits per heavy atom. The lowest BCUT2D eigenvalue weighted by Crippen LogP contribution is -2.22. The normalized spacial score (nSPS) is 13.9. The summed E-state index contributed by atoms with van der Waals surface area (Å²) >= 11 is 1.33. The van der Waals surface area contributed by atoms with Gasteiger partial charge in [-0.15, -0.1) is 0 Å². The van der Waals surface area contributed by atoms with Crippen molar-refractivity contribution in [2.75, 3.05) is 14.2 Å². The quantitative estimate of drug-likeness (QED) is 0.510. The minimum atomic E-state index is -0.363. The van der Waals surface area contributed by atoms with E-state index in [0.29, 0.717) is 12.1 Å². The molecule has 1 amide bonds. The van der Waals surface area contributed by atoms with E-state index in [-0.39, 0.29) is 35.4 Å². The average molecular weight is 467 g/mol. The third kappa shape index (κ3) is 4.61. The zero-order valence-corrected chi connectivity index (χ0v) is 19.3. The molecule has 0 aliphatic heterocycles. The molecular weight excluding hydrogens is 443 g/mol. The van der Waals surface area contributed by atoms with E-state index >= 15 is 0 Å². The van der Waals surface area contributed by atoms with Crippen molar-refractivity contribution < 1.29 is 23.8 Å². The molecule has 0 radical (unpaired) electrons. The first-order chi connectivity index (χ1) is 15.9. The van der Waals surface area contributed by atoms with E-state index in [1.165, 1.54) is 37.9 Å². The van der Waals surface area contributed by atoms with Crippen LogP contribution in [0.15, 0.2) is 47.5 Å². The molecule has 0 saturated carbocycles. The fraction of sp³-hybridized carbons (Fsp3) is 0.200. The van der Waals surface area contributed by atoms with Crippen molar-refractivity contribution in [1.29, 1.82) is 0 Å². The molecule has 2 N–H and O–H groups in total. The number of allylic oxidation sites excluding steroid dienone is 2. The largest absolute Gasteiger partial charge is 0.502 e.